The molecule has 1 heterocycles. The van der Waals surface area contributed by atoms with Crippen LogP contribution < -0.4 is 5.73 Å². The third-order valence-corrected chi connectivity index (χ3v) is 4.59. The van der Waals surface area contributed by atoms with Gasteiger partial charge in [0.1, 0.15) is 0 Å². The van der Waals surface area contributed by atoms with Gasteiger partial charge < -0.3 is 5.73 Å². The van der Waals surface area contributed by atoms with Crippen LogP contribution in [-0.2, 0) is 9.84 Å². The van der Waals surface area contributed by atoms with E-state index < -0.39 is 9.84 Å². The van der Waals surface area contributed by atoms with Gasteiger partial charge in [0, 0.05) is 0 Å². The molecule has 2 atom stereocenters. The van der Waals surface area contributed by atoms with Crippen LogP contribution in [0.4, 0.5) is 0 Å². The van der Waals surface area contributed by atoms with Crippen molar-refractivity contribution in [1.29, 1.82) is 0 Å². The van der Waals surface area contributed by atoms with E-state index in [2.05, 4.69) is 6.92 Å². The Kier molecular flexibility index (Phi) is 3.74. The zero-order valence-electron chi connectivity index (χ0n) is 8.20. The van der Waals surface area contributed by atoms with Crippen molar-refractivity contribution >= 4 is 9.84 Å². The molecule has 0 aromatic heterocycles. The molecule has 0 bridgehead atoms. The minimum Gasteiger partial charge on any atom is -0.330 e. The Labute approximate surface area is 80.6 Å². The fourth-order valence-electron chi connectivity index (χ4n) is 1.97. The summed E-state index contributed by atoms with van der Waals surface area (Å²) in [5, 5.41) is 0. The van der Waals surface area contributed by atoms with E-state index in [1.54, 1.807) is 0 Å². The predicted octanol–water partition coefficient (Wildman–Crippen LogP) is 0.796. The maximum atomic E-state index is 11.3. The summed E-state index contributed by atoms with van der Waals surface area (Å²) in [6.45, 7) is 2.75. The van der Waals surface area contributed by atoms with Crippen molar-refractivity contribution in [1.82, 2.24) is 0 Å². The van der Waals surface area contributed by atoms with Crippen molar-refractivity contribution in [2.24, 2.45) is 17.6 Å². The highest BCUT2D eigenvalue weighted by Crippen LogP contribution is 2.24. The third kappa shape index (κ3) is 3.65. The molecule has 2 unspecified atom stereocenters. The molecule has 1 fully saturated rings. The summed E-state index contributed by atoms with van der Waals surface area (Å²) in [6.07, 6.45) is 2.86. The van der Waals surface area contributed by atoms with Crippen LogP contribution in [0.3, 0.4) is 0 Å². The topological polar surface area (TPSA) is 60.2 Å². The van der Waals surface area contributed by atoms with E-state index >= 15 is 0 Å². The first-order valence-corrected chi connectivity index (χ1v) is 6.76. The molecule has 4 heteroatoms. The van der Waals surface area contributed by atoms with Gasteiger partial charge in [0.05, 0.1) is 11.5 Å². The number of sulfone groups is 1. The zero-order valence-corrected chi connectivity index (χ0v) is 9.02. The first-order chi connectivity index (χ1) is 6.03. The van der Waals surface area contributed by atoms with Gasteiger partial charge in [-0.15, -0.1) is 0 Å². The molecular weight excluding hydrogens is 186 g/mol. The van der Waals surface area contributed by atoms with E-state index in [9.17, 15) is 8.42 Å². The molecule has 2 N–H and O–H groups in total. The molecule has 0 aliphatic carbocycles. The van der Waals surface area contributed by atoms with Gasteiger partial charge in [-0.3, -0.25) is 0 Å². The smallest absolute Gasteiger partial charge is 0.150 e. The maximum Gasteiger partial charge on any atom is 0.150 e. The highest BCUT2D eigenvalue weighted by atomic mass is 32.2. The molecule has 0 aromatic carbocycles. The van der Waals surface area contributed by atoms with Crippen LogP contribution in [-0.4, -0.2) is 26.5 Å². The van der Waals surface area contributed by atoms with E-state index in [1.165, 1.54) is 0 Å². The van der Waals surface area contributed by atoms with Gasteiger partial charge in [0.2, 0.25) is 0 Å². The molecular formula is C9H19NO2S. The molecule has 1 aliphatic rings. The quantitative estimate of drug-likeness (QED) is 0.741. The lowest BCUT2D eigenvalue weighted by atomic mass is 9.93. The maximum absolute atomic E-state index is 11.3. The molecule has 0 amide bonds. The third-order valence-electron chi connectivity index (χ3n) is 2.70. The normalized spacial score (nSPS) is 29.8. The lowest BCUT2D eigenvalue weighted by Crippen LogP contribution is -2.27. The molecule has 0 radical (unpaired) electrons. The second-order valence-corrected chi connectivity index (χ2v) is 6.43. The van der Waals surface area contributed by atoms with Gasteiger partial charge in [0.25, 0.3) is 0 Å². The van der Waals surface area contributed by atoms with Crippen LogP contribution in [0.25, 0.3) is 0 Å². The van der Waals surface area contributed by atoms with Crippen molar-refractivity contribution in [2.45, 2.75) is 26.2 Å². The number of hydrogen-bond acceptors (Lipinski definition) is 3. The predicted molar refractivity (Wildman–Crippen MR) is 54.2 cm³/mol. The molecule has 0 spiro atoms. The SMILES string of the molecule is CC(CN)CC1CCCS(=O)(=O)C1. The average molecular weight is 205 g/mol. The molecule has 0 saturated carbocycles. The van der Waals surface area contributed by atoms with Gasteiger partial charge >= 0.3 is 0 Å². The summed E-state index contributed by atoms with van der Waals surface area (Å²) in [6, 6.07) is 0. The van der Waals surface area contributed by atoms with Crippen LogP contribution in [0.1, 0.15) is 26.2 Å². The first-order valence-electron chi connectivity index (χ1n) is 4.94. The summed E-state index contributed by atoms with van der Waals surface area (Å²) in [7, 11) is -2.73. The average Bonchev–Trinajstić information content (AvgIpc) is 2.02. The molecule has 1 rings (SSSR count). The van der Waals surface area contributed by atoms with Gasteiger partial charge in [0.15, 0.2) is 9.84 Å². The number of hydrogen-bond donors (Lipinski definition) is 1. The Bertz CT molecular complexity index is 248. The van der Waals surface area contributed by atoms with Crippen LogP contribution in [0.5, 0.6) is 0 Å². The van der Waals surface area contributed by atoms with Crippen LogP contribution >= 0.6 is 0 Å². The van der Waals surface area contributed by atoms with Gasteiger partial charge in [-0.25, -0.2) is 8.42 Å². The first kappa shape index (κ1) is 11.0. The van der Waals surface area contributed by atoms with Crippen LogP contribution in [0.15, 0.2) is 0 Å². The number of rotatable bonds is 3. The Morgan fingerprint density at radius 2 is 2.23 bits per heavy atom. The van der Waals surface area contributed by atoms with Crippen molar-refractivity contribution in [3.8, 4) is 0 Å². The monoisotopic (exact) mass is 205 g/mol. The van der Waals surface area contributed by atoms with E-state index in [0.717, 1.165) is 19.3 Å². The van der Waals surface area contributed by atoms with Crippen molar-refractivity contribution in [2.75, 3.05) is 18.1 Å². The van der Waals surface area contributed by atoms with Gasteiger partial charge in [-0.2, -0.15) is 0 Å². The molecule has 1 aliphatic heterocycles. The molecule has 1 saturated heterocycles. The fraction of sp³-hybridized carbons (Fsp3) is 1.00. The lowest BCUT2D eigenvalue weighted by Gasteiger charge is -2.23. The van der Waals surface area contributed by atoms with Gasteiger partial charge in [-0.1, -0.05) is 6.92 Å². The van der Waals surface area contributed by atoms with Crippen LogP contribution in [0, 0.1) is 11.8 Å². The van der Waals surface area contributed by atoms with E-state index in [0.29, 0.717) is 29.9 Å². The standard InChI is InChI=1S/C9H19NO2S/c1-8(6-10)5-9-3-2-4-13(11,12)7-9/h8-9H,2-7,10H2,1H3. The Morgan fingerprint density at radius 1 is 1.54 bits per heavy atom. The van der Waals surface area contributed by atoms with Crippen molar-refractivity contribution in [3.05, 3.63) is 0 Å². The second-order valence-electron chi connectivity index (χ2n) is 4.20. The lowest BCUT2D eigenvalue weighted by molar-refractivity contribution is 0.387. The molecule has 0 aromatic rings. The summed E-state index contributed by atoms with van der Waals surface area (Å²) in [4.78, 5) is 0. The van der Waals surface area contributed by atoms with Crippen molar-refractivity contribution < 1.29 is 8.42 Å². The van der Waals surface area contributed by atoms with E-state index in [1.807, 2.05) is 0 Å². The second kappa shape index (κ2) is 4.42. The summed E-state index contributed by atoms with van der Waals surface area (Å²) >= 11 is 0. The molecule has 3 nitrogen and oxygen atoms in total. The zero-order chi connectivity index (χ0) is 9.90. The summed E-state index contributed by atoms with van der Waals surface area (Å²) in [5.74, 6) is 1.59. The van der Waals surface area contributed by atoms with E-state index in [4.69, 9.17) is 5.73 Å². The highest BCUT2D eigenvalue weighted by molar-refractivity contribution is 7.91. The minimum atomic E-state index is -2.73. The highest BCUT2D eigenvalue weighted by Gasteiger charge is 2.25. The fourth-order valence-corrected chi connectivity index (χ4v) is 3.76. The Hall–Kier alpha value is -0.0900. The van der Waals surface area contributed by atoms with Gasteiger partial charge in [-0.05, 0) is 37.6 Å². The largest absolute Gasteiger partial charge is 0.330 e. The molecule has 13 heavy (non-hydrogen) atoms. The number of nitrogens with two attached hydrogens (primary N) is 1. The minimum absolute atomic E-state index is 0.359. The van der Waals surface area contributed by atoms with E-state index in [-0.39, 0.29) is 0 Å². The summed E-state index contributed by atoms with van der Waals surface area (Å²) in [5.41, 5.74) is 5.51. The Morgan fingerprint density at radius 3 is 2.77 bits per heavy atom. The Balaban J connectivity index is 2.43. The van der Waals surface area contributed by atoms with Crippen LogP contribution in [0.2, 0.25) is 0 Å². The molecule has 78 valence electrons. The van der Waals surface area contributed by atoms with Crippen molar-refractivity contribution in [3.63, 3.8) is 0 Å². The summed E-state index contributed by atoms with van der Waals surface area (Å²) < 4.78 is 22.6.